The second-order valence-electron chi connectivity index (χ2n) is 7.97. The van der Waals surface area contributed by atoms with Crippen LogP contribution >= 0.6 is 0 Å². The second kappa shape index (κ2) is 9.52. The molecular formula is C23H24N6O3S. The molecule has 0 aliphatic carbocycles. The molecule has 1 atom stereocenters. The van der Waals surface area contributed by atoms with Gasteiger partial charge in [-0.2, -0.15) is 9.57 Å². The van der Waals surface area contributed by atoms with Crippen LogP contribution in [0.2, 0.25) is 0 Å². The highest BCUT2D eigenvalue weighted by Gasteiger charge is 2.39. The van der Waals surface area contributed by atoms with Crippen molar-refractivity contribution in [1.29, 1.82) is 5.26 Å². The largest absolute Gasteiger partial charge is 0.353 e. The molecule has 0 spiro atoms. The number of piperazine rings is 1. The van der Waals surface area contributed by atoms with Crippen molar-refractivity contribution >= 4 is 15.9 Å². The van der Waals surface area contributed by atoms with Gasteiger partial charge in [0.15, 0.2) is 0 Å². The van der Waals surface area contributed by atoms with Crippen LogP contribution in [0, 0.1) is 18.3 Å². The van der Waals surface area contributed by atoms with E-state index in [0.29, 0.717) is 24.2 Å². The second-order valence-corrected chi connectivity index (χ2v) is 9.86. The molecule has 3 aromatic rings. The average Bonchev–Trinajstić information content (AvgIpc) is 3.27. The smallest absolute Gasteiger partial charge is 0.243 e. The number of aryl methyl sites for hydroxylation is 3. The standard InChI is InChI=1S/C23H24N6O3S/c1-17-2-8-21(9-3-17)33(31,32)29-13-11-25-23(30)22(29)14-20-16-28(27-26-20)12-10-18-4-6-19(15-24)7-5-18/h2-9,16,22H,10-14H2,1H3,(H,25,30)/t22-/m1/s1. The van der Waals surface area contributed by atoms with Crippen molar-refractivity contribution in [3.05, 3.63) is 77.1 Å². The number of hydrogen-bond acceptors (Lipinski definition) is 6. The van der Waals surface area contributed by atoms with Crippen molar-refractivity contribution in [1.82, 2.24) is 24.6 Å². The molecule has 2 aromatic carbocycles. The van der Waals surface area contributed by atoms with E-state index in [2.05, 4.69) is 21.7 Å². The molecule has 4 rings (SSSR count). The van der Waals surface area contributed by atoms with E-state index in [1.165, 1.54) is 4.31 Å². The Labute approximate surface area is 192 Å². The minimum absolute atomic E-state index is 0.133. The van der Waals surface area contributed by atoms with Crippen molar-refractivity contribution < 1.29 is 13.2 Å². The van der Waals surface area contributed by atoms with Gasteiger partial charge in [-0.1, -0.05) is 35.0 Å². The third-order valence-electron chi connectivity index (χ3n) is 5.61. The quantitative estimate of drug-likeness (QED) is 0.565. The van der Waals surface area contributed by atoms with Gasteiger partial charge < -0.3 is 5.32 Å². The lowest BCUT2D eigenvalue weighted by Crippen LogP contribution is -2.57. The molecule has 9 nitrogen and oxygen atoms in total. The number of nitriles is 1. The first-order valence-corrected chi connectivity index (χ1v) is 12.0. The summed E-state index contributed by atoms with van der Waals surface area (Å²) in [6.07, 6.45) is 2.57. The van der Waals surface area contributed by atoms with E-state index >= 15 is 0 Å². The first-order chi connectivity index (χ1) is 15.9. The molecule has 1 fully saturated rings. The van der Waals surface area contributed by atoms with Crippen LogP contribution in [0.25, 0.3) is 0 Å². The number of sulfonamides is 1. The summed E-state index contributed by atoms with van der Waals surface area (Å²) in [5, 5.41) is 19.9. The first kappa shape index (κ1) is 22.6. The van der Waals surface area contributed by atoms with Crippen LogP contribution in [0.1, 0.15) is 22.4 Å². The zero-order valence-corrected chi connectivity index (χ0v) is 19.0. The highest BCUT2D eigenvalue weighted by atomic mass is 32.2. The SMILES string of the molecule is Cc1ccc(S(=O)(=O)N2CCNC(=O)[C@H]2Cc2cn(CCc3ccc(C#N)cc3)nn2)cc1. The number of carbonyl (C=O) groups is 1. The molecule has 2 heterocycles. The van der Waals surface area contributed by atoms with Gasteiger partial charge in [-0.05, 0) is 43.2 Å². The number of hydrogen-bond donors (Lipinski definition) is 1. The number of nitrogens with one attached hydrogen (secondary N) is 1. The predicted molar refractivity (Wildman–Crippen MR) is 120 cm³/mol. The molecule has 1 aliphatic rings. The lowest BCUT2D eigenvalue weighted by Gasteiger charge is -2.33. The number of aromatic nitrogens is 3. The zero-order valence-electron chi connectivity index (χ0n) is 18.2. The van der Waals surface area contributed by atoms with Crippen molar-refractivity contribution in [2.75, 3.05) is 13.1 Å². The van der Waals surface area contributed by atoms with Gasteiger partial charge in [-0.3, -0.25) is 9.48 Å². The third kappa shape index (κ3) is 5.10. The molecule has 1 amide bonds. The normalized spacial score (nSPS) is 16.8. The van der Waals surface area contributed by atoms with Gasteiger partial charge in [0.1, 0.15) is 6.04 Å². The maximum Gasteiger partial charge on any atom is 0.243 e. The number of rotatable bonds is 7. The van der Waals surface area contributed by atoms with Crippen LogP contribution < -0.4 is 5.32 Å². The van der Waals surface area contributed by atoms with Gasteiger partial charge in [0.25, 0.3) is 0 Å². The molecule has 33 heavy (non-hydrogen) atoms. The van der Waals surface area contributed by atoms with Crippen molar-refractivity contribution in [3.8, 4) is 6.07 Å². The average molecular weight is 465 g/mol. The predicted octanol–water partition coefficient (Wildman–Crippen LogP) is 1.43. The summed E-state index contributed by atoms with van der Waals surface area (Å²) in [5.41, 5.74) is 3.17. The number of benzene rings is 2. The van der Waals surface area contributed by atoms with Crippen LogP contribution in [0.3, 0.4) is 0 Å². The molecule has 1 aliphatic heterocycles. The summed E-state index contributed by atoms with van der Waals surface area (Å²) >= 11 is 0. The van der Waals surface area contributed by atoms with Crippen LogP contribution in [-0.2, 0) is 34.2 Å². The van der Waals surface area contributed by atoms with Crippen molar-refractivity contribution in [2.45, 2.75) is 37.2 Å². The van der Waals surface area contributed by atoms with Crippen LogP contribution in [-0.4, -0.2) is 52.8 Å². The van der Waals surface area contributed by atoms with Crippen LogP contribution in [0.4, 0.5) is 0 Å². The maximum atomic E-state index is 13.2. The Morgan fingerprint density at radius 2 is 1.88 bits per heavy atom. The third-order valence-corrected chi connectivity index (χ3v) is 7.53. The first-order valence-electron chi connectivity index (χ1n) is 10.6. The fraction of sp³-hybridized carbons (Fsp3) is 0.304. The van der Waals surface area contributed by atoms with E-state index in [-0.39, 0.29) is 30.3 Å². The summed E-state index contributed by atoms with van der Waals surface area (Å²) < 4.78 is 29.4. The lowest BCUT2D eigenvalue weighted by atomic mass is 10.1. The van der Waals surface area contributed by atoms with Gasteiger partial charge in [0.2, 0.25) is 15.9 Å². The molecule has 1 N–H and O–H groups in total. The fourth-order valence-corrected chi connectivity index (χ4v) is 5.34. The molecule has 10 heteroatoms. The molecule has 0 saturated carbocycles. The summed E-state index contributed by atoms with van der Waals surface area (Å²) in [7, 11) is -3.83. The minimum atomic E-state index is -3.83. The molecule has 0 radical (unpaired) electrons. The summed E-state index contributed by atoms with van der Waals surface area (Å²) in [5.74, 6) is -0.343. The van der Waals surface area contributed by atoms with E-state index in [9.17, 15) is 13.2 Å². The summed E-state index contributed by atoms with van der Waals surface area (Å²) in [6.45, 7) is 2.91. The lowest BCUT2D eigenvalue weighted by molar-refractivity contribution is -0.126. The molecule has 0 bridgehead atoms. The van der Waals surface area contributed by atoms with E-state index < -0.39 is 16.1 Å². The van der Waals surface area contributed by atoms with E-state index in [1.54, 1.807) is 47.3 Å². The highest BCUT2D eigenvalue weighted by Crippen LogP contribution is 2.22. The Kier molecular flexibility index (Phi) is 6.53. The fourth-order valence-electron chi connectivity index (χ4n) is 3.75. The Bertz CT molecular complexity index is 1280. The van der Waals surface area contributed by atoms with Gasteiger partial charge in [0.05, 0.1) is 22.2 Å². The Hall–Kier alpha value is -3.55. The van der Waals surface area contributed by atoms with Gasteiger partial charge in [-0.25, -0.2) is 8.42 Å². The molecule has 0 unspecified atom stereocenters. The summed E-state index contributed by atoms with van der Waals surface area (Å²) in [6, 6.07) is 15.1. The van der Waals surface area contributed by atoms with Crippen molar-refractivity contribution in [3.63, 3.8) is 0 Å². The van der Waals surface area contributed by atoms with Gasteiger partial charge in [-0.15, -0.1) is 5.10 Å². The monoisotopic (exact) mass is 464 g/mol. The molecule has 1 aromatic heterocycles. The number of carbonyl (C=O) groups excluding carboxylic acids is 1. The van der Waals surface area contributed by atoms with Crippen LogP contribution in [0.15, 0.2) is 59.6 Å². The topological polar surface area (TPSA) is 121 Å². The Balaban J connectivity index is 1.47. The number of amides is 1. The Morgan fingerprint density at radius 1 is 1.15 bits per heavy atom. The van der Waals surface area contributed by atoms with E-state index in [1.807, 2.05) is 19.1 Å². The Morgan fingerprint density at radius 3 is 2.58 bits per heavy atom. The highest BCUT2D eigenvalue weighted by molar-refractivity contribution is 7.89. The summed E-state index contributed by atoms with van der Waals surface area (Å²) in [4.78, 5) is 12.8. The molecular weight excluding hydrogens is 440 g/mol. The van der Waals surface area contributed by atoms with E-state index in [0.717, 1.165) is 11.1 Å². The van der Waals surface area contributed by atoms with Crippen molar-refractivity contribution in [2.24, 2.45) is 0 Å². The zero-order chi connectivity index (χ0) is 23.4. The van der Waals surface area contributed by atoms with Crippen LogP contribution in [0.5, 0.6) is 0 Å². The van der Waals surface area contributed by atoms with Gasteiger partial charge in [0, 0.05) is 32.3 Å². The number of nitrogens with zero attached hydrogens (tertiary/aromatic N) is 5. The minimum Gasteiger partial charge on any atom is -0.353 e. The molecule has 1 saturated heterocycles. The van der Waals surface area contributed by atoms with E-state index in [4.69, 9.17) is 5.26 Å². The van der Waals surface area contributed by atoms with Gasteiger partial charge >= 0.3 is 0 Å². The maximum absolute atomic E-state index is 13.2. The molecule has 170 valence electrons.